The molecule has 0 rings (SSSR count). The van der Waals surface area contributed by atoms with Gasteiger partial charge in [-0.1, -0.05) is 20.3 Å². The summed E-state index contributed by atoms with van der Waals surface area (Å²) in [7, 11) is 0. The largest absolute Gasteiger partial charge is 0.310 e. The van der Waals surface area contributed by atoms with Crippen molar-refractivity contribution >= 4 is 5.71 Å². The lowest BCUT2D eigenvalue weighted by Gasteiger charge is -2.10. The molecule has 1 nitrogen and oxygen atoms in total. The predicted octanol–water partition coefficient (Wildman–Crippen LogP) is 2.67. The molecule has 1 atom stereocenters. The average Bonchev–Trinajstić information content (AvgIpc) is 1.82. The summed E-state index contributed by atoms with van der Waals surface area (Å²) in [5.74, 6) is 0.488. The molecule has 0 unspecified atom stereocenters. The van der Waals surface area contributed by atoms with Crippen molar-refractivity contribution in [3.05, 3.63) is 6.92 Å². The second-order valence-electron chi connectivity index (χ2n) is 2.43. The van der Waals surface area contributed by atoms with Gasteiger partial charge in [0.1, 0.15) is 0 Å². The molecule has 0 aromatic rings. The number of nitrogens with one attached hydrogen (secondary N) is 1. The molecular formula is C8H16N. The van der Waals surface area contributed by atoms with Gasteiger partial charge in [-0.15, -0.1) is 0 Å². The van der Waals surface area contributed by atoms with E-state index in [4.69, 9.17) is 5.41 Å². The molecule has 0 aliphatic carbocycles. The molecule has 0 bridgehead atoms. The molecule has 1 heteroatoms. The van der Waals surface area contributed by atoms with Crippen molar-refractivity contribution in [3.8, 4) is 0 Å². The van der Waals surface area contributed by atoms with E-state index >= 15 is 0 Å². The van der Waals surface area contributed by atoms with Crippen molar-refractivity contribution in [1.82, 2.24) is 0 Å². The van der Waals surface area contributed by atoms with Gasteiger partial charge in [-0.25, -0.2) is 0 Å². The van der Waals surface area contributed by atoms with Gasteiger partial charge in [0.2, 0.25) is 0 Å². The summed E-state index contributed by atoms with van der Waals surface area (Å²) in [6, 6.07) is 0. The van der Waals surface area contributed by atoms with Crippen LogP contribution >= 0.6 is 0 Å². The molecule has 1 radical (unpaired) electrons. The lowest BCUT2D eigenvalue weighted by atomic mass is 9.96. The molecule has 9 heavy (non-hydrogen) atoms. The Kier molecular flexibility index (Phi) is 4.37. The maximum Gasteiger partial charge on any atom is 0.00890 e. The third-order valence-corrected chi connectivity index (χ3v) is 1.66. The Labute approximate surface area is 58.0 Å². The minimum absolute atomic E-state index is 0.488. The van der Waals surface area contributed by atoms with E-state index in [1.165, 1.54) is 0 Å². The molecule has 53 valence electrons. The van der Waals surface area contributed by atoms with E-state index in [-0.39, 0.29) is 0 Å². The van der Waals surface area contributed by atoms with Gasteiger partial charge in [0.05, 0.1) is 0 Å². The van der Waals surface area contributed by atoms with E-state index in [0.717, 1.165) is 25.0 Å². The number of hydrogen-bond acceptors (Lipinski definition) is 1. The van der Waals surface area contributed by atoms with Gasteiger partial charge >= 0.3 is 0 Å². The molecule has 0 aliphatic heterocycles. The second-order valence-corrected chi connectivity index (χ2v) is 2.43. The fourth-order valence-electron chi connectivity index (χ4n) is 0.973. The highest BCUT2D eigenvalue weighted by Crippen LogP contribution is 2.10. The highest BCUT2D eigenvalue weighted by molar-refractivity contribution is 5.81. The maximum absolute atomic E-state index is 7.33. The first-order chi connectivity index (χ1) is 4.22. The Morgan fingerprint density at radius 2 is 2.22 bits per heavy atom. The van der Waals surface area contributed by atoms with Crippen molar-refractivity contribution in [2.45, 2.75) is 33.1 Å². The predicted molar refractivity (Wildman–Crippen MR) is 41.8 cm³/mol. The maximum atomic E-state index is 7.33. The highest BCUT2D eigenvalue weighted by Gasteiger charge is 2.05. The standard InChI is InChI=1S/C8H16N/c1-4-6-8(5-2)7(3)9/h8-9H,1,4-6H2,2-3H3/t8-/m1/s1. The zero-order valence-electron chi connectivity index (χ0n) is 6.41. The molecule has 0 aromatic heterocycles. The highest BCUT2D eigenvalue weighted by atomic mass is 14.4. The molecule has 0 spiro atoms. The van der Waals surface area contributed by atoms with Crippen LogP contribution < -0.4 is 0 Å². The Morgan fingerprint density at radius 1 is 1.67 bits per heavy atom. The molecule has 0 fully saturated rings. The summed E-state index contributed by atoms with van der Waals surface area (Å²) in [6.07, 6.45) is 3.12. The van der Waals surface area contributed by atoms with Crippen LogP contribution in [0.5, 0.6) is 0 Å². The van der Waals surface area contributed by atoms with Crippen molar-refractivity contribution < 1.29 is 0 Å². The van der Waals surface area contributed by atoms with E-state index in [9.17, 15) is 0 Å². The van der Waals surface area contributed by atoms with E-state index in [1.807, 2.05) is 6.92 Å². The summed E-state index contributed by atoms with van der Waals surface area (Å²) < 4.78 is 0. The van der Waals surface area contributed by atoms with Gasteiger partial charge in [0.25, 0.3) is 0 Å². The molecule has 0 saturated heterocycles. The molecule has 1 N–H and O–H groups in total. The lowest BCUT2D eigenvalue weighted by Crippen LogP contribution is -2.07. The van der Waals surface area contributed by atoms with E-state index in [2.05, 4.69) is 13.8 Å². The van der Waals surface area contributed by atoms with Gasteiger partial charge in [0, 0.05) is 5.71 Å². The average molecular weight is 126 g/mol. The van der Waals surface area contributed by atoms with Crippen molar-refractivity contribution in [3.63, 3.8) is 0 Å². The Hall–Kier alpha value is -0.330. The molecular weight excluding hydrogens is 110 g/mol. The van der Waals surface area contributed by atoms with Crippen LogP contribution in [0.2, 0.25) is 0 Å². The summed E-state index contributed by atoms with van der Waals surface area (Å²) in [4.78, 5) is 0. The zero-order chi connectivity index (χ0) is 7.28. The summed E-state index contributed by atoms with van der Waals surface area (Å²) in [5.41, 5.74) is 0.807. The summed E-state index contributed by atoms with van der Waals surface area (Å²) >= 11 is 0. The smallest absolute Gasteiger partial charge is 0.00890 e. The third-order valence-electron chi connectivity index (χ3n) is 1.66. The minimum Gasteiger partial charge on any atom is -0.310 e. The van der Waals surface area contributed by atoms with Crippen LogP contribution in [0.1, 0.15) is 33.1 Å². The zero-order valence-corrected chi connectivity index (χ0v) is 6.41. The molecule has 0 amide bonds. The Morgan fingerprint density at radius 3 is 2.33 bits per heavy atom. The fraction of sp³-hybridized carbons (Fsp3) is 0.750. The van der Waals surface area contributed by atoms with Gasteiger partial charge in [0.15, 0.2) is 0 Å². The van der Waals surface area contributed by atoms with E-state index in [1.54, 1.807) is 0 Å². The first kappa shape index (κ1) is 8.67. The first-order valence-corrected chi connectivity index (χ1v) is 3.56. The number of hydrogen-bond donors (Lipinski definition) is 1. The molecule has 0 saturated carbocycles. The fourth-order valence-corrected chi connectivity index (χ4v) is 0.973. The summed E-state index contributed by atoms with van der Waals surface area (Å²) in [5, 5.41) is 7.33. The Balaban J connectivity index is 3.54. The van der Waals surface area contributed by atoms with Crippen molar-refractivity contribution in [2.75, 3.05) is 0 Å². The van der Waals surface area contributed by atoms with Crippen LogP contribution in [0.4, 0.5) is 0 Å². The topological polar surface area (TPSA) is 23.9 Å². The van der Waals surface area contributed by atoms with Crippen LogP contribution in [0.25, 0.3) is 0 Å². The van der Waals surface area contributed by atoms with E-state index < -0.39 is 0 Å². The molecule has 0 aliphatic rings. The van der Waals surface area contributed by atoms with E-state index in [0.29, 0.717) is 5.92 Å². The monoisotopic (exact) mass is 126 g/mol. The first-order valence-electron chi connectivity index (χ1n) is 3.56. The normalized spacial score (nSPS) is 13.2. The Bertz CT molecular complexity index is 86.6. The SMILES string of the molecule is [CH2]CC[C@@H](CC)C(C)=N. The van der Waals surface area contributed by atoms with Crippen LogP contribution in [0.15, 0.2) is 0 Å². The second kappa shape index (κ2) is 4.54. The van der Waals surface area contributed by atoms with Crippen LogP contribution in [0.3, 0.4) is 0 Å². The van der Waals surface area contributed by atoms with Crippen LogP contribution in [-0.2, 0) is 0 Å². The minimum atomic E-state index is 0.488. The summed E-state index contributed by atoms with van der Waals surface area (Å²) in [6.45, 7) is 7.76. The van der Waals surface area contributed by atoms with Crippen LogP contribution in [-0.4, -0.2) is 5.71 Å². The van der Waals surface area contributed by atoms with Gasteiger partial charge in [-0.05, 0) is 25.7 Å². The van der Waals surface area contributed by atoms with Gasteiger partial charge in [-0.3, -0.25) is 0 Å². The molecule has 0 heterocycles. The number of rotatable bonds is 4. The van der Waals surface area contributed by atoms with Crippen molar-refractivity contribution in [2.24, 2.45) is 5.92 Å². The van der Waals surface area contributed by atoms with Gasteiger partial charge < -0.3 is 5.41 Å². The molecule has 0 aromatic carbocycles. The van der Waals surface area contributed by atoms with Crippen molar-refractivity contribution in [1.29, 1.82) is 5.41 Å². The lowest BCUT2D eigenvalue weighted by molar-refractivity contribution is 0.606. The quantitative estimate of drug-likeness (QED) is 0.560. The van der Waals surface area contributed by atoms with Crippen LogP contribution in [0, 0.1) is 18.3 Å². The van der Waals surface area contributed by atoms with Gasteiger partial charge in [-0.2, -0.15) is 0 Å². The third kappa shape index (κ3) is 3.28.